The second kappa shape index (κ2) is 4.01. The molecule has 1 atom stereocenters. The van der Waals surface area contributed by atoms with Gasteiger partial charge in [-0.15, -0.1) is 9.24 Å². The van der Waals surface area contributed by atoms with Crippen LogP contribution in [0.15, 0.2) is 60.7 Å². The van der Waals surface area contributed by atoms with E-state index in [4.69, 9.17) is 4.98 Å². The Bertz CT molecular complexity index is 928. The lowest BCUT2D eigenvalue weighted by Crippen LogP contribution is -1.99. The summed E-state index contributed by atoms with van der Waals surface area (Å²) in [5.41, 5.74) is 2.14. The van der Waals surface area contributed by atoms with Crippen molar-refractivity contribution in [1.82, 2.24) is 4.98 Å². The Kier molecular flexibility index (Phi) is 2.30. The minimum atomic E-state index is 1.05. The number of hydrogen-bond donors (Lipinski definition) is 0. The molecule has 0 spiro atoms. The van der Waals surface area contributed by atoms with Crippen LogP contribution in [0.25, 0.3) is 32.6 Å². The van der Waals surface area contributed by atoms with Crippen LogP contribution >= 0.6 is 9.24 Å². The number of hydrogen-bond acceptors (Lipinski definition) is 1. The summed E-state index contributed by atoms with van der Waals surface area (Å²) in [7, 11) is 2.87. The van der Waals surface area contributed by atoms with Crippen LogP contribution in [-0.4, -0.2) is 4.98 Å². The van der Waals surface area contributed by atoms with Gasteiger partial charge in [-0.05, 0) is 16.8 Å². The van der Waals surface area contributed by atoms with E-state index in [1.807, 2.05) is 6.07 Å². The predicted octanol–water partition coefficient (Wildman–Crippen LogP) is 4.04. The first-order valence-electron chi connectivity index (χ1n) is 6.30. The molecule has 3 aromatic carbocycles. The number of aromatic nitrogens is 1. The Balaban J connectivity index is 2.32. The molecule has 0 N–H and O–H groups in total. The van der Waals surface area contributed by atoms with Gasteiger partial charge < -0.3 is 0 Å². The van der Waals surface area contributed by atoms with Crippen molar-refractivity contribution in [3.8, 4) is 0 Å². The topological polar surface area (TPSA) is 12.9 Å². The summed E-state index contributed by atoms with van der Waals surface area (Å²) in [6, 6.07) is 21.0. The molecule has 1 aromatic heterocycles. The minimum absolute atomic E-state index is 1.05. The molecule has 0 aliphatic rings. The molecule has 0 saturated carbocycles. The largest absolute Gasteiger partial charge is 0.247 e. The third-order valence-electron chi connectivity index (χ3n) is 3.62. The van der Waals surface area contributed by atoms with Crippen LogP contribution in [0.3, 0.4) is 0 Å². The molecular formula is C17H12NP. The monoisotopic (exact) mass is 261 g/mol. The third-order valence-corrected chi connectivity index (χ3v) is 4.24. The number of nitrogens with zero attached hydrogens (tertiary/aromatic N) is 1. The molecule has 1 unspecified atom stereocenters. The van der Waals surface area contributed by atoms with E-state index in [9.17, 15) is 0 Å². The highest BCUT2D eigenvalue weighted by Gasteiger charge is 2.07. The lowest BCUT2D eigenvalue weighted by atomic mass is 10.0. The smallest absolute Gasteiger partial charge is 0.0794 e. The van der Waals surface area contributed by atoms with Gasteiger partial charge in [0.05, 0.1) is 11.0 Å². The van der Waals surface area contributed by atoms with Crippen LogP contribution < -0.4 is 5.30 Å². The van der Waals surface area contributed by atoms with Gasteiger partial charge in [0, 0.05) is 16.2 Å². The van der Waals surface area contributed by atoms with Gasteiger partial charge in [-0.3, -0.25) is 0 Å². The van der Waals surface area contributed by atoms with Crippen molar-refractivity contribution in [2.45, 2.75) is 0 Å². The summed E-state index contributed by atoms with van der Waals surface area (Å²) in [5.74, 6) is 0. The van der Waals surface area contributed by atoms with E-state index < -0.39 is 0 Å². The number of benzene rings is 3. The average Bonchev–Trinajstić information content (AvgIpc) is 2.47. The first-order chi connectivity index (χ1) is 9.34. The molecule has 0 aliphatic heterocycles. The summed E-state index contributed by atoms with van der Waals surface area (Å²) < 4.78 is 0. The van der Waals surface area contributed by atoms with Gasteiger partial charge in [0.1, 0.15) is 0 Å². The first kappa shape index (κ1) is 10.9. The molecule has 4 aromatic rings. The minimum Gasteiger partial charge on any atom is -0.247 e. The van der Waals surface area contributed by atoms with Gasteiger partial charge in [-0.1, -0.05) is 54.6 Å². The SMILES string of the molecule is Pc1c2ccccc2nc2c1ccc1ccccc12. The summed E-state index contributed by atoms with van der Waals surface area (Å²) in [5, 5.41) is 6.10. The fraction of sp³-hybridized carbons (Fsp3) is 0. The molecule has 0 radical (unpaired) electrons. The zero-order chi connectivity index (χ0) is 12.8. The zero-order valence-corrected chi connectivity index (χ0v) is 11.5. The van der Waals surface area contributed by atoms with Crippen LogP contribution in [0.5, 0.6) is 0 Å². The molecule has 0 bridgehead atoms. The first-order valence-corrected chi connectivity index (χ1v) is 6.88. The normalized spacial score (nSPS) is 11.4. The Hall–Kier alpha value is -1.98. The molecule has 0 saturated heterocycles. The maximum absolute atomic E-state index is 4.85. The van der Waals surface area contributed by atoms with E-state index in [0.29, 0.717) is 0 Å². The second-order valence-corrected chi connectivity index (χ2v) is 5.30. The molecule has 0 aliphatic carbocycles. The van der Waals surface area contributed by atoms with E-state index >= 15 is 0 Å². The molecule has 0 fully saturated rings. The molecule has 2 heteroatoms. The van der Waals surface area contributed by atoms with Crippen LogP contribution in [-0.2, 0) is 0 Å². The number of para-hydroxylation sites is 1. The van der Waals surface area contributed by atoms with E-state index in [2.05, 4.69) is 63.8 Å². The number of rotatable bonds is 0. The van der Waals surface area contributed by atoms with Gasteiger partial charge in [0.25, 0.3) is 0 Å². The molecule has 90 valence electrons. The summed E-state index contributed by atoms with van der Waals surface area (Å²) >= 11 is 0. The van der Waals surface area contributed by atoms with Crippen LogP contribution in [0.1, 0.15) is 0 Å². The van der Waals surface area contributed by atoms with Crippen molar-refractivity contribution in [2.75, 3.05) is 0 Å². The summed E-state index contributed by atoms with van der Waals surface area (Å²) in [6.07, 6.45) is 0. The van der Waals surface area contributed by atoms with Gasteiger partial charge in [0.15, 0.2) is 0 Å². The van der Waals surface area contributed by atoms with Crippen molar-refractivity contribution in [2.24, 2.45) is 0 Å². The Morgan fingerprint density at radius 2 is 1.42 bits per heavy atom. The van der Waals surface area contributed by atoms with Crippen molar-refractivity contribution in [1.29, 1.82) is 0 Å². The second-order valence-electron chi connectivity index (χ2n) is 4.73. The van der Waals surface area contributed by atoms with E-state index in [-0.39, 0.29) is 0 Å². The molecular weight excluding hydrogens is 249 g/mol. The third kappa shape index (κ3) is 1.55. The lowest BCUT2D eigenvalue weighted by molar-refractivity contribution is 1.52. The van der Waals surface area contributed by atoms with Crippen LogP contribution in [0.4, 0.5) is 0 Å². The van der Waals surface area contributed by atoms with Gasteiger partial charge in [0.2, 0.25) is 0 Å². The summed E-state index contributed by atoms with van der Waals surface area (Å²) in [6.45, 7) is 0. The highest BCUT2D eigenvalue weighted by Crippen LogP contribution is 2.26. The average molecular weight is 261 g/mol. The van der Waals surface area contributed by atoms with Crippen molar-refractivity contribution in [3.05, 3.63) is 60.7 Å². The highest BCUT2D eigenvalue weighted by atomic mass is 31.0. The van der Waals surface area contributed by atoms with Gasteiger partial charge >= 0.3 is 0 Å². The quantitative estimate of drug-likeness (QED) is 0.264. The fourth-order valence-corrected chi connectivity index (χ4v) is 3.13. The number of pyridine rings is 1. The van der Waals surface area contributed by atoms with Gasteiger partial charge in [-0.2, -0.15) is 0 Å². The highest BCUT2D eigenvalue weighted by molar-refractivity contribution is 7.29. The van der Waals surface area contributed by atoms with Crippen LogP contribution in [0.2, 0.25) is 0 Å². The maximum atomic E-state index is 4.85. The Labute approximate surface area is 113 Å². The molecule has 1 nitrogen and oxygen atoms in total. The fourth-order valence-electron chi connectivity index (χ4n) is 2.66. The van der Waals surface area contributed by atoms with Gasteiger partial charge in [-0.25, -0.2) is 4.98 Å². The molecule has 0 amide bonds. The Morgan fingerprint density at radius 3 is 2.32 bits per heavy atom. The van der Waals surface area contributed by atoms with Crippen molar-refractivity contribution < 1.29 is 0 Å². The van der Waals surface area contributed by atoms with E-state index in [1.54, 1.807) is 0 Å². The van der Waals surface area contributed by atoms with Crippen LogP contribution in [0, 0.1) is 0 Å². The van der Waals surface area contributed by atoms with E-state index in [0.717, 1.165) is 11.0 Å². The standard InChI is InChI=1S/C17H12NP/c19-17-13-7-3-4-8-15(13)18-16-12-6-2-1-5-11(12)9-10-14(16)17/h1-10H,19H2. The lowest BCUT2D eigenvalue weighted by Gasteiger charge is -2.09. The summed E-state index contributed by atoms with van der Waals surface area (Å²) in [4.78, 5) is 4.85. The van der Waals surface area contributed by atoms with E-state index in [1.165, 1.54) is 26.8 Å². The van der Waals surface area contributed by atoms with Crippen molar-refractivity contribution >= 4 is 47.1 Å². The zero-order valence-electron chi connectivity index (χ0n) is 10.3. The molecule has 19 heavy (non-hydrogen) atoms. The molecule has 1 heterocycles. The molecule has 4 rings (SSSR count). The predicted molar refractivity (Wildman–Crippen MR) is 86.1 cm³/mol. The number of fused-ring (bicyclic) bond motifs is 4. The maximum Gasteiger partial charge on any atom is 0.0794 e. The Morgan fingerprint density at radius 1 is 0.684 bits per heavy atom. The van der Waals surface area contributed by atoms with Crippen molar-refractivity contribution in [3.63, 3.8) is 0 Å².